The molecule has 8 nitrogen and oxygen atoms in total. The van der Waals surface area contributed by atoms with E-state index in [9.17, 15) is 4.79 Å². The van der Waals surface area contributed by atoms with Crippen molar-refractivity contribution >= 4 is 11.6 Å². The van der Waals surface area contributed by atoms with Gasteiger partial charge in [-0.1, -0.05) is 17.3 Å². The third kappa shape index (κ3) is 4.28. The summed E-state index contributed by atoms with van der Waals surface area (Å²) in [6, 6.07) is 8.16. The largest absolute Gasteiger partial charge is 0.378 e. The summed E-state index contributed by atoms with van der Waals surface area (Å²) in [6.07, 6.45) is 3.66. The van der Waals surface area contributed by atoms with Crippen LogP contribution in [0.15, 0.2) is 30.5 Å². The number of rotatable bonds is 4. The number of carbonyl (C=O) groups is 1. The molecular weight excluding hydrogens is 368 g/mol. The third-order valence-corrected chi connectivity index (χ3v) is 5.78. The van der Waals surface area contributed by atoms with E-state index in [1.54, 1.807) is 0 Å². The van der Waals surface area contributed by atoms with Crippen LogP contribution in [0.1, 0.15) is 48.8 Å². The predicted molar refractivity (Wildman–Crippen MR) is 111 cm³/mol. The molecule has 3 heterocycles. The maximum absolute atomic E-state index is 13.3. The maximum Gasteiger partial charge on any atom is 0.255 e. The van der Waals surface area contributed by atoms with E-state index in [0.29, 0.717) is 26.3 Å². The quantitative estimate of drug-likeness (QED) is 0.845. The zero-order valence-corrected chi connectivity index (χ0v) is 17.3. The lowest BCUT2D eigenvalue weighted by molar-refractivity contribution is 0.0688. The van der Waals surface area contributed by atoms with Crippen LogP contribution in [0.3, 0.4) is 0 Å². The molecule has 0 radical (unpaired) electrons. The molecule has 2 N–H and O–H groups in total. The Hall–Kier alpha value is -2.45. The van der Waals surface area contributed by atoms with E-state index in [0.717, 1.165) is 42.9 Å². The van der Waals surface area contributed by atoms with E-state index < -0.39 is 5.54 Å². The van der Waals surface area contributed by atoms with Crippen molar-refractivity contribution in [1.29, 1.82) is 0 Å². The van der Waals surface area contributed by atoms with Crippen LogP contribution in [-0.2, 0) is 10.3 Å². The monoisotopic (exact) mass is 398 g/mol. The van der Waals surface area contributed by atoms with Gasteiger partial charge in [-0.15, -0.1) is 5.10 Å². The highest BCUT2D eigenvalue weighted by Gasteiger charge is 2.28. The van der Waals surface area contributed by atoms with Crippen LogP contribution in [0.4, 0.5) is 5.69 Å². The predicted octanol–water partition coefficient (Wildman–Crippen LogP) is 1.79. The highest BCUT2D eigenvalue weighted by molar-refractivity contribution is 5.99. The number of nitrogens with zero attached hydrogens (tertiary/aromatic N) is 5. The first-order valence-corrected chi connectivity index (χ1v) is 10.4. The van der Waals surface area contributed by atoms with Gasteiger partial charge in [-0.3, -0.25) is 4.79 Å². The fourth-order valence-electron chi connectivity index (χ4n) is 3.99. The first-order chi connectivity index (χ1) is 13.9. The van der Waals surface area contributed by atoms with Gasteiger partial charge in [0.15, 0.2) is 0 Å². The van der Waals surface area contributed by atoms with Crippen molar-refractivity contribution in [3.63, 3.8) is 0 Å². The maximum atomic E-state index is 13.3. The minimum absolute atomic E-state index is 0.105. The lowest BCUT2D eigenvalue weighted by atomic mass is 10.0. The zero-order valence-electron chi connectivity index (χ0n) is 17.3. The van der Waals surface area contributed by atoms with Crippen LogP contribution in [0.2, 0.25) is 0 Å². The molecule has 0 aliphatic carbocycles. The fourth-order valence-corrected chi connectivity index (χ4v) is 3.99. The van der Waals surface area contributed by atoms with Crippen LogP contribution in [0.25, 0.3) is 0 Å². The minimum atomic E-state index is -0.502. The summed E-state index contributed by atoms with van der Waals surface area (Å²) in [5.41, 5.74) is 8.19. The Labute approximate surface area is 171 Å². The SMILES string of the molecule is CC(C)(N)c1cn(C2CCN(C(=O)c3ccccc3N3CCOCC3)CC2)nn1. The number of piperidine rings is 1. The van der Waals surface area contributed by atoms with Crippen LogP contribution in [-0.4, -0.2) is 65.2 Å². The molecule has 29 heavy (non-hydrogen) atoms. The molecule has 0 atom stereocenters. The number of benzene rings is 1. The molecule has 2 saturated heterocycles. The molecule has 156 valence electrons. The second kappa shape index (κ2) is 8.12. The van der Waals surface area contributed by atoms with Gasteiger partial charge in [-0.05, 0) is 38.8 Å². The molecule has 0 saturated carbocycles. The standard InChI is InChI=1S/C21H30N6O2/c1-21(2,22)19-15-27(24-23-19)16-7-9-26(10-8-16)20(28)17-5-3-4-6-18(17)25-11-13-29-14-12-25/h3-6,15-16H,7-14,22H2,1-2H3. The van der Waals surface area contributed by atoms with Gasteiger partial charge in [-0.2, -0.15) is 0 Å². The summed E-state index contributed by atoms with van der Waals surface area (Å²) in [7, 11) is 0. The second-order valence-electron chi connectivity index (χ2n) is 8.45. The molecule has 0 spiro atoms. The number of morpholine rings is 1. The Kier molecular flexibility index (Phi) is 5.56. The average Bonchev–Trinajstić information content (AvgIpc) is 3.25. The number of aromatic nitrogens is 3. The first-order valence-electron chi connectivity index (χ1n) is 10.4. The Morgan fingerprint density at radius 1 is 1.14 bits per heavy atom. The van der Waals surface area contributed by atoms with Crippen molar-refractivity contribution in [3.8, 4) is 0 Å². The van der Waals surface area contributed by atoms with Gasteiger partial charge in [0.1, 0.15) is 5.69 Å². The van der Waals surface area contributed by atoms with E-state index in [-0.39, 0.29) is 11.9 Å². The van der Waals surface area contributed by atoms with E-state index in [2.05, 4.69) is 15.2 Å². The fraction of sp³-hybridized carbons (Fsp3) is 0.571. The van der Waals surface area contributed by atoms with E-state index in [1.165, 1.54) is 0 Å². The number of amides is 1. The number of nitrogens with two attached hydrogens (primary N) is 1. The van der Waals surface area contributed by atoms with Gasteiger partial charge in [0, 0.05) is 31.9 Å². The van der Waals surface area contributed by atoms with Crippen LogP contribution in [0, 0.1) is 0 Å². The molecule has 2 fully saturated rings. The molecule has 1 aromatic heterocycles. The average molecular weight is 399 g/mol. The molecule has 4 rings (SSSR count). The number of likely N-dealkylation sites (tertiary alicyclic amines) is 1. The summed E-state index contributed by atoms with van der Waals surface area (Å²) in [5, 5.41) is 8.49. The van der Waals surface area contributed by atoms with Crippen LogP contribution in [0.5, 0.6) is 0 Å². The normalized spacial score (nSPS) is 18.9. The highest BCUT2D eigenvalue weighted by Crippen LogP contribution is 2.27. The van der Waals surface area contributed by atoms with E-state index in [4.69, 9.17) is 10.5 Å². The molecule has 2 aromatic rings. The van der Waals surface area contributed by atoms with Gasteiger partial charge in [0.2, 0.25) is 0 Å². The van der Waals surface area contributed by atoms with Gasteiger partial charge >= 0.3 is 0 Å². The lowest BCUT2D eigenvalue weighted by Gasteiger charge is -2.34. The minimum Gasteiger partial charge on any atom is -0.378 e. The molecular formula is C21H30N6O2. The van der Waals surface area contributed by atoms with Crippen LogP contribution < -0.4 is 10.6 Å². The lowest BCUT2D eigenvalue weighted by Crippen LogP contribution is -2.41. The van der Waals surface area contributed by atoms with Gasteiger partial charge in [0.25, 0.3) is 5.91 Å². The number of carbonyl (C=O) groups excluding carboxylic acids is 1. The zero-order chi connectivity index (χ0) is 20.4. The molecule has 0 bridgehead atoms. The summed E-state index contributed by atoms with van der Waals surface area (Å²) in [4.78, 5) is 17.5. The van der Waals surface area contributed by atoms with E-state index in [1.807, 2.05) is 53.9 Å². The first kappa shape index (κ1) is 19.8. The Balaban J connectivity index is 1.43. The molecule has 2 aliphatic heterocycles. The smallest absolute Gasteiger partial charge is 0.255 e. The third-order valence-electron chi connectivity index (χ3n) is 5.78. The highest BCUT2D eigenvalue weighted by atomic mass is 16.5. The van der Waals surface area contributed by atoms with Crippen molar-refractivity contribution in [2.75, 3.05) is 44.3 Å². The van der Waals surface area contributed by atoms with Gasteiger partial charge < -0.3 is 20.3 Å². The second-order valence-corrected chi connectivity index (χ2v) is 8.45. The summed E-state index contributed by atoms with van der Waals surface area (Å²) >= 11 is 0. The summed E-state index contributed by atoms with van der Waals surface area (Å²) in [6.45, 7) is 8.31. The van der Waals surface area contributed by atoms with Gasteiger partial charge in [0.05, 0.1) is 36.6 Å². The van der Waals surface area contributed by atoms with Crippen molar-refractivity contribution in [2.24, 2.45) is 5.73 Å². The molecule has 8 heteroatoms. The van der Waals surface area contributed by atoms with Crippen molar-refractivity contribution in [2.45, 2.75) is 38.3 Å². The topological polar surface area (TPSA) is 89.5 Å². The number of hydrogen-bond donors (Lipinski definition) is 1. The molecule has 1 amide bonds. The van der Waals surface area contributed by atoms with Crippen molar-refractivity contribution < 1.29 is 9.53 Å². The number of anilines is 1. The summed E-state index contributed by atoms with van der Waals surface area (Å²) in [5.74, 6) is 0.105. The Morgan fingerprint density at radius 3 is 2.48 bits per heavy atom. The Morgan fingerprint density at radius 2 is 1.83 bits per heavy atom. The van der Waals surface area contributed by atoms with Crippen LogP contribution >= 0.6 is 0 Å². The number of hydrogen-bond acceptors (Lipinski definition) is 6. The molecule has 2 aliphatic rings. The summed E-state index contributed by atoms with van der Waals surface area (Å²) < 4.78 is 7.37. The van der Waals surface area contributed by atoms with E-state index >= 15 is 0 Å². The Bertz CT molecular complexity index is 845. The van der Waals surface area contributed by atoms with Crippen molar-refractivity contribution in [1.82, 2.24) is 19.9 Å². The van der Waals surface area contributed by atoms with Gasteiger partial charge in [-0.25, -0.2) is 4.68 Å². The number of ether oxygens (including phenoxy) is 1. The molecule has 0 unspecified atom stereocenters. The van der Waals surface area contributed by atoms with Crippen molar-refractivity contribution in [3.05, 3.63) is 41.7 Å². The molecule has 1 aromatic carbocycles. The number of para-hydroxylation sites is 1.